The van der Waals surface area contributed by atoms with Crippen LogP contribution in [0.3, 0.4) is 0 Å². The zero-order chi connectivity index (χ0) is 13.4. The normalized spacial score (nSPS) is 12.2. The van der Waals surface area contributed by atoms with Gasteiger partial charge in [0.1, 0.15) is 0 Å². The quantitative estimate of drug-likeness (QED) is 0.745. The van der Waals surface area contributed by atoms with Crippen LogP contribution in [0.25, 0.3) is 0 Å². The molecule has 18 heavy (non-hydrogen) atoms. The van der Waals surface area contributed by atoms with Gasteiger partial charge in [0.05, 0.1) is 6.04 Å². The first kappa shape index (κ1) is 15.1. The van der Waals surface area contributed by atoms with E-state index in [4.69, 9.17) is 0 Å². The maximum atomic E-state index is 11.6. The molecule has 1 unspecified atom stereocenters. The van der Waals surface area contributed by atoms with Gasteiger partial charge in [0, 0.05) is 18.0 Å². The van der Waals surface area contributed by atoms with E-state index in [9.17, 15) is 4.79 Å². The highest BCUT2D eigenvalue weighted by atomic mass is 32.2. The number of carbonyl (C=O) groups excluding carboxylic acids is 1. The molecular weight excluding hydrogens is 244 g/mol. The van der Waals surface area contributed by atoms with Crippen molar-refractivity contribution in [2.45, 2.75) is 37.8 Å². The van der Waals surface area contributed by atoms with Crippen LogP contribution in [0.5, 0.6) is 0 Å². The van der Waals surface area contributed by atoms with Gasteiger partial charge in [-0.05, 0) is 37.3 Å². The topological polar surface area (TPSA) is 41.1 Å². The van der Waals surface area contributed by atoms with Crippen molar-refractivity contribution in [1.29, 1.82) is 0 Å². The minimum atomic E-state index is -0.156. The van der Waals surface area contributed by atoms with Gasteiger partial charge in [-0.25, -0.2) is 0 Å². The van der Waals surface area contributed by atoms with E-state index >= 15 is 0 Å². The Bertz CT molecular complexity index is 365. The molecule has 1 aromatic rings. The van der Waals surface area contributed by atoms with Crippen LogP contribution in [0.2, 0.25) is 0 Å². The van der Waals surface area contributed by atoms with Crippen molar-refractivity contribution in [3.63, 3.8) is 0 Å². The van der Waals surface area contributed by atoms with Gasteiger partial charge >= 0.3 is 0 Å². The Labute approximate surface area is 114 Å². The molecule has 3 nitrogen and oxygen atoms in total. The molecule has 0 saturated carbocycles. The summed E-state index contributed by atoms with van der Waals surface area (Å²) in [5, 5.41) is 6.11. The Morgan fingerprint density at radius 3 is 2.56 bits per heavy atom. The van der Waals surface area contributed by atoms with Crippen LogP contribution in [0.4, 0.5) is 0 Å². The predicted octanol–water partition coefficient (Wildman–Crippen LogP) is 2.41. The van der Waals surface area contributed by atoms with Crippen molar-refractivity contribution in [3.8, 4) is 0 Å². The van der Waals surface area contributed by atoms with E-state index in [0.717, 1.165) is 19.5 Å². The fourth-order valence-corrected chi connectivity index (χ4v) is 1.92. The zero-order valence-corrected chi connectivity index (χ0v) is 12.1. The molecule has 4 heteroatoms. The summed E-state index contributed by atoms with van der Waals surface area (Å²) in [4.78, 5) is 12.9. The third-order valence-corrected chi connectivity index (χ3v) is 3.46. The molecule has 100 valence electrons. The molecule has 0 aliphatic rings. The molecule has 0 saturated heterocycles. The number of amides is 1. The summed E-state index contributed by atoms with van der Waals surface area (Å²) in [6.45, 7) is 5.40. The summed E-state index contributed by atoms with van der Waals surface area (Å²) in [6.07, 6.45) is 3.03. The molecule has 0 radical (unpaired) electrons. The fourth-order valence-electron chi connectivity index (χ4n) is 1.51. The molecule has 1 rings (SSSR count). The summed E-state index contributed by atoms with van der Waals surface area (Å²) in [6, 6.07) is 8.23. The Hall–Kier alpha value is -1.00. The van der Waals surface area contributed by atoms with Gasteiger partial charge in [-0.2, -0.15) is 0 Å². The van der Waals surface area contributed by atoms with Crippen molar-refractivity contribution < 1.29 is 4.79 Å². The number of nitrogens with one attached hydrogen (secondary N) is 2. The first-order valence-electron chi connectivity index (χ1n) is 6.31. The minimum Gasteiger partial charge on any atom is -0.355 e. The highest BCUT2D eigenvalue weighted by Gasteiger charge is 2.10. The lowest BCUT2D eigenvalue weighted by Gasteiger charge is -2.13. The number of hydrogen-bond donors (Lipinski definition) is 2. The Morgan fingerprint density at radius 1 is 1.33 bits per heavy atom. The molecule has 0 fully saturated rings. The maximum Gasteiger partial charge on any atom is 0.236 e. The smallest absolute Gasteiger partial charge is 0.236 e. The lowest BCUT2D eigenvalue weighted by molar-refractivity contribution is -0.122. The van der Waals surface area contributed by atoms with Gasteiger partial charge in [0.15, 0.2) is 0 Å². The molecule has 2 N–H and O–H groups in total. The SMILES string of the molecule is CCCNC(=O)C(C)NCc1ccc(SC)cc1. The second-order valence-corrected chi connectivity index (χ2v) is 5.12. The lowest BCUT2D eigenvalue weighted by Crippen LogP contribution is -2.42. The number of carbonyl (C=O) groups is 1. The van der Waals surface area contributed by atoms with Crippen LogP contribution in [0.1, 0.15) is 25.8 Å². The van der Waals surface area contributed by atoms with Gasteiger partial charge in [-0.15, -0.1) is 11.8 Å². The van der Waals surface area contributed by atoms with Gasteiger partial charge in [-0.1, -0.05) is 19.1 Å². The number of thioether (sulfide) groups is 1. The molecule has 1 amide bonds. The van der Waals surface area contributed by atoms with E-state index in [2.05, 4.69) is 41.2 Å². The Kier molecular flexibility index (Phi) is 6.83. The molecule has 0 aromatic heterocycles. The zero-order valence-electron chi connectivity index (χ0n) is 11.3. The van der Waals surface area contributed by atoms with Gasteiger partial charge in [0.25, 0.3) is 0 Å². The maximum absolute atomic E-state index is 11.6. The monoisotopic (exact) mass is 266 g/mol. The summed E-state index contributed by atoms with van der Waals surface area (Å²) in [5.74, 6) is 0.0672. The van der Waals surface area contributed by atoms with E-state index in [1.807, 2.05) is 13.8 Å². The summed E-state index contributed by atoms with van der Waals surface area (Å²) >= 11 is 1.73. The van der Waals surface area contributed by atoms with Crippen molar-refractivity contribution in [3.05, 3.63) is 29.8 Å². The second kappa shape index (κ2) is 8.16. The average molecular weight is 266 g/mol. The van der Waals surface area contributed by atoms with Crippen LogP contribution < -0.4 is 10.6 Å². The van der Waals surface area contributed by atoms with E-state index in [-0.39, 0.29) is 11.9 Å². The van der Waals surface area contributed by atoms with Crippen LogP contribution in [0, 0.1) is 0 Å². The van der Waals surface area contributed by atoms with Crippen molar-refractivity contribution >= 4 is 17.7 Å². The average Bonchev–Trinajstić information content (AvgIpc) is 2.42. The predicted molar refractivity (Wildman–Crippen MR) is 77.8 cm³/mol. The Balaban J connectivity index is 2.36. The highest BCUT2D eigenvalue weighted by Crippen LogP contribution is 2.14. The molecular formula is C14H22N2OS. The molecule has 0 bridgehead atoms. The summed E-state index contributed by atoms with van der Waals surface area (Å²) < 4.78 is 0. The summed E-state index contributed by atoms with van der Waals surface area (Å²) in [5.41, 5.74) is 1.20. The van der Waals surface area contributed by atoms with Gasteiger partial charge < -0.3 is 10.6 Å². The van der Waals surface area contributed by atoms with E-state index < -0.39 is 0 Å². The molecule has 0 aliphatic heterocycles. The van der Waals surface area contributed by atoms with Crippen molar-refractivity contribution in [2.75, 3.05) is 12.8 Å². The van der Waals surface area contributed by atoms with Crippen LogP contribution >= 0.6 is 11.8 Å². The lowest BCUT2D eigenvalue weighted by atomic mass is 10.2. The summed E-state index contributed by atoms with van der Waals surface area (Å²) in [7, 11) is 0. The second-order valence-electron chi connectivity index (χ2n) is 4.24. The first-order valence-corrected chi connectivity index (χ1v) is 7.54. The van der Waals surface area contributed by atoms with Crippen molar-refractivity contribution in [1.82, 2.24) is 10.6 Å². The molecule has 1 aromatic carbocycles. The van der Waals surface area contributed by atoms with Crippen LogP contribution in [-0.2, 0) is 11.3 Å². The largest absolute Gasteiger partial charge is 0.355 e. The molecule has 0 spiro atoms. The fraction of sp³-hybridized carbons (Fsp3) is 0.500. The standard InChI is InChI=1S/C14H22N2OS/c1-4-9-15-14(17)11(2)16-10-12-5-7-13(18-3)8-6-12/h5-8,11,16H,4,9-10H2,1-3H3,(H,15,17). The highest BCUT2D eigenvalue weighted by molar-refractivity contribution is 7.98. The third kappa shape index (κ3) is 5.10. The van der Waals surface area contributed by atoms with Gasteiger partial charge in [0.2, 0.25) is 5.91 Å². The molecule has 0 heterocycles. The molecule has 0 aliphatic carbocycles. The molecule has 1 atom stereocenters. The number of hydrogen-bond acceptors (Lipinski definition) is 3. The minimum absolute atomic E-state index is 0.0672. The third-order valence-electron chi connectivity index (χ3n) is 2.71. The number of benzene rings is 1. The van der Waals surface area contributed by atoms with Gasteiger partial charge in [-0.3, -0.25) is 4.79 Å². The van der Waals surface area contributed by atoms with E-state index in [1.54, 1.807) is 11.8 Å². The van der Waals surface area contributed by atoms with Crippen LogP contribution in [-0.4, -0.2) is 24.7 Å². The van der Waals surface area contributed by atoms with E-state index in [1.165, 1.54) is 10.5 Å². The van der Waals surface area contributed by atoms with E-state index in [0.29, 0.717) is 0 Å². The first-order chi connectivity index (χ1) is 8.67. The van der Waals surface area contributed by atoms with Crippen LogP contribution in [0.15, 0.2) is 29.2 Å². The number of rotatable bonds is 7. The van der Waals surface area contributed by atoms with Crippen molar-refractivity contribution in [2.24, 2.45) is 0 Å². The Morgan fingerprint density at radius 2 is 2.00 bits per heavy atom.